The molecule has 218 valence electrons. The number of unbranched alkanes of at least 4 members (excludes halogenated alkanes) is 1. The van der Waals surface area contributed by atoms with Gasteiger partial charge in [0.15, 0.2) is 0 Å². The Kier molecular flexibility index (Phi) is 10.1. The van der Waals surface area contributed by atoms with Crippen LogP contribution in [-0.2, 0) is 12.8 Å². The van der Waals surface area contributed by atoms with E-state index in [1.54, 1.807) is 26.2 Å². The van der Waals surface area contributed by atoms with Gasteiger partial charge in [-0.05, 0) is 121 Å². The van der Waals surface area contributed by atoms with E-state index in [9.17, 15) is 9.90 Å². The number of aryl methyl sites for hydroxylation is 1. The maximum absolute atomic E-state index is 12.2. The first-order valence-corrected chi connectivity index (χ1v) is 14.8. The lowest BCUT2D eigenvalue weighted by molar-refractivity contribution is 0.172. The molecule has 41 heavy (non-hydrogen) atoms. The van der Waals surface area contributed by atoms with Crippen LogP contribution in [0, 0.1) is 0 Å². The van der Waals surface area contributed by atoms with Crippen LogP contribution in [0.5, 0.6) is 11.5 Å². The highest BCUT2D eigenvalue weighted by Crippen LogP contribution is 2.36. The average Bonchev–Trinajstić information content (AvgIpc) is 3.30. The summed E-state index contributed by atoms with van der Waals surface area (Å²) >= 11 is 0. The zero-order valence-corrected chi connectivity index (χ0v) is 25.4. The number of nitrogens with one attached hydrogen (secondary N) is 2. The topological polar surface area (TPSA) is 77.6 Å². The van der Waals surface area contributed by atoms with E-state index in [0.29, 0.717) is 23.3 Å². The summed E-state index contributed by atoms with van der Waals surface area (Å²) in [6.07, 6.45) is 3.65. The molecule has 0 spiro atoms. The van der Waals surface area contributed by atoms with Crippen LogP contribution in [0.25, 0.3) is 22.2 Å². The molecule has 1 aromatic heterocycles. The average molecular weight is 556 g/mol. The van der Waals surface area contributed by atoms with E-state index in [0.717, 1.165) is 55.4 Å². The van der Waals surface area contributed by atoms with Crippen LogP contribution in [0.2, 0.25) is 0 Å². The zero-order valence-electron chi connectivity index (χ0n) is 25.4. The fourth-order valence-electron chi connectivity index (χ4n) is 5.06. The number of aromatic hydroxyl groups is 1. The van der Waals surface area contributed by atoms with Crippen LogP contribution >= 0.6 is 0 Å². The number of phenolic OH excluding ortho intramolecular Hbond substituents is 1. The predicted molar refractivity (Wildman–Crippen MR) is 169 cm³/mol. The minimum absolute atomic E-state index is 0.311. The molecule has 0 aliphatic carbocycles. The third-order valence-electron chi connectivity index (χ3n) is 7.60. The lowest BCUT2D eigenvalue weighted by Gasteiger charge is -2.15. The van der Waals surface area contributed by atoms with Gasteiger partial charge >= 0.3 is 6.09 Å². The maximum atomic E-state index is 12.2. The number of ether oxygens (including phenoxy) is 1. The van der Waals surface area contributed by atoms with Crippen molar-refractivity contribution in [3.05, 3.63) is 82.9 Å². The van der Waals surface area contributed by atoms with Crippen LogP contribution in [0.15, 0.2) is 60.7 Å². The number of fused-ring (bicyclic) bond motifs is 1. The van der Waals surface area contributed by atoms with Gasteiger partial charge in [0.2, 0.25) is 0 Å². The van der Waals surface area contributed by atoms with Crippen molar-refractivity contribution in [1.82, 2.24) is 15.2 Å². The molecule has 1 amide bonds. The van der Waals surface area contributed by atoms with E-state index in [4.69, 9.17) is 4.74 Å². The number of carbonyl (C=O) groups excluding carboxylic acids is 1. The fourth-order valence-corrected chi connectivity index (χ4v) is 5.06. The Balaban J connectivity index is 1.55. The number of H-pyrrole nitrogens is 1. The van der Waals surface area contributed by atoms with Crippen molar-refractivity contribution in [2.45, 2.75) is 65.2 Å². The molecule has 0 saturated carbocycles. The number of hydrogen-bond donors (Lipinski definition) is 3. The highest BCUT2D eigenvalue weighted by Gasteiger charge is 2.17. The molecule has 6 heteroatoms. The zero-order chi connectivity index (χ0) is 29.5. The number of aromatic amines is 1. The van der Waals surface area contributed by atoms with E-state index in [-0.39, 0.29) is 6.09 Å². The molecule has 0 aliphatic heterocycles. The van der Waals surface area contributed by atoms with Gasteiger partial charge in [0.05, 0.1) is 0 Å². The number of nitrogens with zero attached hydrogens (tertiary/aromatic N) is 1. The van der Waals surface area contributed by atoms with Crippen LogP contribution < -0.4 is 10.1 Å². The fraction of sp³-hybridized carbons (Fsp3) is 0.400. The molecule has 0 unspecified atom stereocenters. The molecule has 1 heterocycles. The number of phenols is 1. The molecule has 0 radical (unpaired) electrons. The van der Waals surface area contributed by atoms with Gasteiger partial charge < -0.3 is 25.0 Å². The minimum atomic E-state index is -0.387. The number of amides is 1. The van der Waals surface area contributed by atoms with Crippen molar-refractivity contribution in [2.75, 3.05) is 27.2 Å². The van der Waals surface area contributed by atoms with Crippen molar-refractivity contribution < 1.29 is 14.6 Å². The largest absolute Gasteiger partial charge is 0.508 e. The highest BCUT2D eigenvalue weighted by atomic mass is 16.6. The first-order valence-electron chi connectivity index (χ1n) is 14.8. The summed E-state index contributed by atoms with van der Waals surface area (Å²) in [4.78, 5) is 17.4. The normalized spacial score (nSPS) is 11.5. The van der Waals surface area contributed by atoms with E-state index in [1.807, 2.05) is 30.3 Å². The summed E-state index contributed by atoms with van der Waals surface area (Å²) < 4.78 is 5.61. The summed E-state index contributed by atoms with van der Waals surface area (Å²) in [7, 11) is 3.37. The Morgan fingerprint density at radius 1 is 0.878 bits per heavy atom. The summed E-state index contributed by atoms with van der Waals surface area (Å²) in [5, 5.41) is 14.2. The van der Waals surface area contributed by atoms with E-state index < -0.39 is 0 Å². The molecule has 0 bridgehead atoms. The number of hydrogen-bond acceptors (Lipinski definition) is 4. The van der Waals surface area contributed by atoms with E-state index in [1.165, 1.54) is 32.7 Å². The molecule has 0 fully saturated rings. The molecule has 6 nitrogen and oxygen atoms in total. The van der Waals surface area contributed by atoms with Gasteiger partial charge in [-0.1, -0.05) is 45.9 Å². The summed E-state index contributed by atoms with van der Waals surface area (Å²) in [5.41, 5.74) is 8.53. The van der Waals surface area contributed by atoms with Crippen LogP contribution in [0.1, 0.15) is 74.6 Å². The Hall–Kier alpha value is -3.77. The molecular weight excluding hydrogens is 510 g/mol. The van der Waals surface area contributed by atoms with Crippen LogP contribution in [-0.4, -0.2) is 48.3 Å². The van der Waals surface area contributed by atoms with Crippen molar-refractivity contribution in [1.29, 1.82) is 0 Å². The number of rotatable bonds is 12. The Bertz CT molecular complexity index is 1430. The van der Waals surface area contributed by atoms with Crippen molar-refractivity contribution in [3.8, 4) is 22.8 Å². The lowest BCUT2D eigenvalue weighted by atomic mass is 9.91. The third-order valence-corrected chi connectivity index (χ3v) is 7.60. The van der Waals surface area contributed by atoms with E-state index in [2.05, 4.69) is 56.2 Å². The second kappa shape index (κ2) is 13.7. The molecule has 4 rings (SSSR count). The predicted octanol–water partition coefficient (Wildman–Crippen LogP) is 8.00. The van der Waals surface area contributed by atoms with Gasteiger partial charge in [-0.2, -0.15) is 0 Å². The second-order valence-electron chi connectivity index (χ2n) is 11.8. The SMILES string of the molecule is CC(C)c1cc(-c2[nH]c3ccc(OC(=O)N(C)C)cc3c2CCNCCCCc2ccc(O)cc2)cc(C(C)C)c1. The van der Waals surface area contributed by atoms with Crippen LogP contribution in [0.4, 0.5) is 4.79 Å². The minimum Gasteiger partial charge on any atom is -0.508 e. The summed E-state index contributed by atoms with van der Waals surface area (Å²) in [6, 6.07) is 20.3. The third kappa shape index (κ3) is 7.92. The number of aromatic nitrogens is 1. The molecule has 0 atom stereocenters. The number of carbonyl (C=O) groups is 1. The summed E-state index contributed by atoms with van der Waals surface area (Å²) in [6.45, 7) is 10.8. The monoisotopic (exact) mass is 555 g/mol. The second-order valence-corrected chi connectivity index (χ2v) is 11.8. The van der Waals surface area contributed by atoms with Crippen LogP contribution in [0.3, 0.4) is 0 Å². The summed E-state index contributed by atoms with van der Waals surface area (Å²) in [5.74, 6) is 1.72. The van der Waals surface area contributed by atoms with Crippen molar-refractivity contribution in [3.63, 3.8) is 0 Å². The molecule has 0 aliphatic rings. The van der Waals surface area contributed by atoms with Crippen molar-refractivity contribution in [2.24, 2.45) is 0 Å². The smallest absolute Gasteiger partial charge is 0.414 e. The van der Waals surface area contributed by atoms with Gasteiger partial charge in [-0.3, -0.25) is 0 Å². The highest BCUT2D eigenvalue weighted by molar-refractivity contribution is 5.92. The maximum Gasteiger partial charge on any atom is 0.414 e. The molecule has 0 saturated heterocycles. The van der Waals surface area contributed by atoms with Gasteiger partial charge in [-0.15, -0.1) is 0 Å². The first kappa shape index (κ1) is 30.2. The lowest BCUT2D eigenvalue weighted by Crippen LogP contribution is -2.25. The first-order chi connectivity index (χ1) is 19.6. The molecular formula is C35H45N3O3. The Morgan fingerprint density at radius 2 is 1.56 bits per heavy atom. The number of benzene rings is 3. The standard InChI is InChI=1S/C35H45N3O3/c1-23(2)26-19-27(24(3)4)21-28(20-26)34-31(16-18-36-17-8-7-9-25-10-12-29(39)13-11-25)32-22-30(14-15-33(32)37-34)41-35(40)38(5)6/h10-15,19-24,36-37,39H,7-9,16-18H2,1-6H3. The van der Waals surface area contributed by atoms with Gasteiger partial charge in [0.25, 0.3) is 0 Å². The molecule has 4 aromatic rings. The molecule has 3 aromatic carbocycles. The van der Waals surface area contributed by atoms with Gasteiger partial charge in [-0.25, -0.2) is 4.79 Å². The van der Waals surface area contributed by atoms with E-state index >= 15 is 0 Å². The van der Waals surface area contributed by atoms with Crippen molar-refractivity contribution >= 4 is 17.0 Å². The quantitative estimate of drug-likeness (QED) is 0.155. The Morgan fingerprint density at radius 3 is 2.20 bits per heavy atom. The van der Waals surface area contributed by atoms with Gasteiger partial charge in [0, 0.05) is 30.7 Å². The molecule has 3 N–H and O–H groups in total. The Labute approximate surface area is 244 Å². The van der Waals surface area contributed by atoms with Gasteiger partial charge in [0.1, 0.15) is 11.5 Å².